The molecule has 1 spiro atoms. The predicted molar refractivity (Wildman–Crippen MR) is 213 cm³/mol. The van der Waals surface area contributed by atoms with Crippen LogP contribution in [0.2, 0.25) is 0 Å². The van der Waals surface area contributed by atoms with E-state index in [9.17, 15) is 0 Å². The van der Waals surface area contributed by atoms with E-state index in [1.807, 2.05) is 11.8 Å². The number of fused-ring (bicyclic) bond motifs is 12. The SMILES string of the molecule is c1ccc(-c2cc(-c3ccccc3)cc(-n3c4ccccc4c4cc5c(cc43)C3(c4ccccc4S5)c4ccccc4-c4ccccc43)c2)cc1. The fourth-order valence-electron chi connectivity index (χ4n) is 8.93. The first kappa shape index (κ1) is 28.7. The molecule has 0 saturated carbocycles. The van der Waals surface area contributed by atoms with Crippen LogP contribution in [0, 0.1) is 0 Å². The number of aromatic nitrogens is 1. The molecule has 0 N–H and O–H groups in total. The van der Waals surface area contributed by atoms with Gasteiger partial charge in [0.2, 0.25) is 0 Å². The van der Waals surface area contributed by atoms with E-state index >= 15 is 0 Å². The minimum absolute atomic E-state index is 0.430. The van der Waals surface area contributed by atoms with Crippen LogP contribution in [0.15, 0.2) is 198 Å². The van der Waals surface area contributed by atoms with Crippen molar-refractivity contribution in [1.29, 1.82) is 0 Å². The molecule has 0 atom stereocenters. The average Bonchev–Trinajstić information content (AvgIpc) is 3.68. The molecule has 1 nitrogen and oxygen atoms in total. The fraction of sp³-hybridized carbons (Fsp3) is 0.0204. The molecule has 11 rings (SSSR count). The highest BCUT2D eigenvalue weighted by atomic mass is 32.2. The first-order chi connectivity index (χ1) is 25.3. The van der Waals surface area contributed by atoms with Gasteiger partial charge >= 0.3 is 0 Å². The summed E-state index contributed by atoms with van der Waals surface area (Å²) in [5.74, 6) is 0. The van der Waals surface area contributed by atoms with E-state index in [4.69, 9.17) is 0 Å². The van der Waals surface area contributed by atoms with Crippen LogP contribution in [0.25, 0.3) is 60.9 Å². The summed E-state index contributed by atoms with van der Waals surface area (Å²) in [6, 6.07) is 69.7. The van der Waals surface area contributed by atoms with Crippen LogP contribution in [0.1, 0.15) is 22.3 Å². The van der Waals surface area contributed by atoms with Crippen molar-refractivity contribution in [3.05, 3.63) is 210 Å². The quantitative estimate of drug-likeness (QED) is 0.182. The van der Waals surface area contributed by atoms with Crippen LogP contribution < -0.4 is 0 Å². The second kappa shape index (κ2) is 11.0. The Morgan fingerprint density at radius 1 is 0.353 bits per heavy atom. The van der Waals surface area contributed by atoms with E-state index in [-0.39, 0.29) is 0 Å². The lowest BCUT2D eigenvalue weighted by molar-refractivity contribution is 0.724. The first-order valence-corrected chi connectivity index (χ1v) is 18.4. The zero-order valence-corrected chi connectivity index (χ0v) is 28.6. The standard InChI is InChI=1S/C49H31NS/c1-3-15-32(16-4-1)34-27-35(33-17-5-2-6-18-33)29-36(28-34)50-45-25-13-9-21-39(45)40-30-48-44(31-46(40)50)49(43-24-12-14-26-47(43)51-48)41-22-10-7-19-37(41)38-20-8-11-23-42(38)49/h1-31H. The van der Waals surface area contributed by atoms with Gasteiger partial charge in [-0.2, -0.15) is 0 Å². The molecule has 0 unspecified atom stereocenters. The molecule has 9 aromatic rings. The third kappa shape index (κ3) is 4.06. The number of benzene rings is 8. The zero-order chi connectivity index (χ0) is 33.5. The summed E-state index contributed by atoms with van der Waals surface area (Å²) in [7, 11) is 0. The number of para-hydroxylation sites is 1. The zero-order valence-electron chi connectivity index (χ0n) is 27.8. The molecule has 8 aromatic carbocycles. The lowest BCUT2D eigenvalue weighted by Gasteiger charge is -2.39. The maximum atomic E-state index is 2.53. The molecular formula is C49H31NS. The summed E-state index contributed by atoms with van der Waals surface area (Å²) >= 11 is 1.91. The van der Waals surface area contributed by atoms with Gasteiger partial charge in [0.05, 0.1) is 16.4 Å². The molecule has 238 valence electrons. The topological polar surface area (TPSA) is 4.93 Å². The summed E-state index contributed by atoms with van der Waals surface area (Å²) in [6.07, 6.45) is 0. The average molecular weight is 666 g/mol. The van der Waals surface area contributed by atoms with Crippen molar-refractivity contribution in [2.75, 3.05) is 0 Å². The lowest BCUT2D eigenvalue weighted by Crippen LogP contribution is -2.32. The van der Waals surface area contributed by atoms with Crippen molar-refractivity contribution < 1.29 is 0 Å². The maximum absolute atomic E-state index is 2.53. The van der Waals surface area contributed by atoms with Crippen LogP contribution in [0.4, 0.5) is 0 Å². The van der Waals surface area contributed by atoms with Crippen molar-refractivity contribution in [1.82, 2.24) is 4.57 Å². The lowest BCUT2D eigenvalue weighted by atomic mass is 9.67. The summed E-state index contributed by atoms with van der Waals surface area (Å²) < 4.78 is 2.51. The monoisotopic (exact) mass is 665 g/mol. The summed E-state index contributed by atoms with van der Waals surface area (Å²) in [4.78, 5) is 2.64. The van der Waals surface area contributed by atoms with E-state index in [0.29, 0.717) is 0 Å². The Morgan fingerprint density at radius 2 is 0.902 bits per heavy atom. The molecule has 0 saturated heterocycles. The minimum atomic E-state index is -0.430. The van der Waals surface area contributed by atoms with Gasteiger partial charge in [-0.15, -0.1) is 0 Å². The van der Waals surface area contributed by atoms with Crippen LogP contribution in [-0.2, 0) is 5.41 Å². The molecule has 2 heterocycles. The van der Waals surface area contributed by atoms with Crippen molar-refractivity contribution in [3.8, 4) is 39.1 Å². The Balaban J connectivity index is 1.27. The maximum Gasteiger partial charge on any atom is 0.0736 e. The van der Waals surface area contributed by atoms with Crippen molar-refractivity contribution in [3.63, 3.8) is 0 Å². The predicted octanol–water partition coefficient (Wildman–Crippen LogP) is 12.9. The van der Waals surface area contributed by atoms with Gasteiger partial charge < -0.3 is 4.57 Å². The second-order valence-corrected chi connectivity index (χ2v) is 14.7. The van der Waals surface area contributed by atoms with Crippen LogP contribution in [0.3, 0.4) is 0 Å². The Kier molecular flexibility index (Phi) is 6.17. The van der Waals surface area contributed by atoms with Crippen molar-refractivity contribution in [2.24, 2.45) is 0 Å². The minimum Gasteiger partial charge on any atom is -0.309 e. The second-order valence-electron chi connectivity index (χ2n) is 13.7. The normalized spacial score (nSPS) is 13.6. The van der Waals surface area contributed by atoms with Gasteiger partial charge in [-0.25, -0.2) is 0 Å². The number of hydrogen-bond acceptors (Lipinski definition) is 1. The van der Waals surface area contributed by atoms with Gasteiger partial charge in [0.25, 0.3) is 0 Å². The van der Waals surface area contributed by atoms with Gasteiger partial charge in [0.1, 0.15) is 0 Å². The van der Waals surface area contributed by atoms with Gasteiger partial charge in [-0.3, -0.25) is 0 Å². The molecule has 51 heavy (non-hydrogen) atoms. The summed E-state index contributed by atoms with van der Waals surface area (Å²) in [5, 5.41) is 2.54. The number of rotatable bonds is 3. The molecule has 2 heteroatoms. The van der Waals surface area contributed by atoms with E-state index in [1.54, 1.807) is 0 Å². The van der Waals surface area contributed by atoms with Gasteiger partial charge in [-0.05, 0) is 98.1 Å². The largest absolute Gasteiger partial charge is 0.309 e. The third-order valence-electron chi connectivity index (χ3n) is 11.0. The Morgan fingerprint density at radius 3 is 1.57 bits per heavy atom. The Bertz CT molecular complexity index is 2720. The molecule has 1 aliphatic carbocycles. The molecular weight excluding hydrogens is 635 g/mol. The molecule has 0 fully saturated rings. The molecule has 2 aliphatic rings. The third-order valence-corrected chi connectivity index (χ3v) is 12.2. The van der Waals surface area contributed by atoms with Gasteiger partial charge in [0, 0.05) is 26.3 Å². The van der Waals surface area contributed by atoms with Crippen LogP contribution >= 0.6 is 11.8 Å². The Hall–Kier alpha value is -6.09. The first-order valence-electron chi connectivity index (χ1n) is 17.6. The highest BCUT2D eigenvalue weighted by Gasteiger charge is 2.50. The smallest absolute Gasteiger partial charge is 0.0736 e. The molecule has 0 bridgehead atoms. The van der Waals surface area contributed by atoms with Crippen molar-refractivity contribution >= 4 is 33.6 Å². The van der Waals surface area contributed by atoms with E-state index < -0.39 is 5.41 Å². The van der Waals surface area contributed by atoms with Crippen LogP contribution in [-0.4, -0.2) is 4.57 Å². The Labute approximate surface area is 301 Å². The number of nitrogens with zero attached hydrogens (tertiary/aromatic N) is 1. The van der Waals surface area contributed by atoms with Gasteiger partial charge in [-0.1, -0.05) is 157 Å². The fourth-order valence-corrected chi connectivity index (χ4v) is 10.1. The van der Waals surface area contributed by atoms with Crippen LogP contribution in [0.5, 0.6) is 0 Å². The summed E-state index contributed by atoms with van der Waals surface area (Å²) in [5.41, 5.74) is 16.1. The van der Waals surface area contributed by atoms with Crippen molar-refractivity contribution in [2.45, 2.75) is 15.2 Å². The molecule has 1 aliphatic heterocycles. The number of hydrogen-bond donors (Lipinski definition) is 0. The molecule has 0 radical (unpaired) electrons. The van der Waals surface area contributed by atoms with Gasteiger partial charge in [0.15, 0.2) is 0 Å². The molecule has 0 amide bonds. The molecule has 1 aromatic heterocycles. The van der Waals surface area contributed by atoms with E-state index in [1.165, 1.54) is 87.2 Å². The van der Waals surface area contributed by atoms with E-state index in [0.717, 1.165) is 5.69 Å². The highest BCUT2D eigenvalue weighted by Crippen LogP contribution is 2.62. The summed E-state index contributed by atoms with van der Waals surface area (Å²) in [6.45, 7) is 0. The van der Waals surface area contributed by atoms with E-state index in [2.05, 4.69) is 193 Å². The highest BCUT2D eigenvalue weighted by molar-refractivity contribution is 7.99.